The number of nitrogens with zero attached hydrogens (tertiary/aromatic N) is 5. The lowest BCUT2D eigenvalue weighted by Gasteiger charge is -2.24. The molecule has 0 saturated carbocycles. The quantitative estimate of drug-likeness (QED) is 0.154. The number of aromatic nitrogens is 3. The summed E-state index contributed by atoms with van der Waals surface area (Å²) in [6.07, 6.45) is 0.795. The third kappa shape index (κ3) is 6.99. The van der Waals surface area contributed by atoms with E-state index in [1.807, 2.05) is 103 Å². The van der Waals surface area contributed by atoms with E-state index < -0.39 is 0 Å². The highest BCUT2D eigenvalue weighted by molar-refractivity contribution is 7.99. The standard InChI is InChI=1S/C36H36N6O4S2/c1-23-11-8-15-28(24(23)2)41-32(21-37-33(43)19-25-12-6-5-7-13-25)38-39-36(41)48-22-34(44)42-29(20-27(40-42)31-17-10-18-47-31)26-14-9-16-30(45-3)35(26)46-4/h5-18,29H,19-22H2,1-4H3,(H,37,43)/t29-/m0/s1. The number of thioether (sulfide) groups is 1. The number of rotatable bonds is 12. The number of amides is 2. The van der Waals surface area contributed by atoms with Crippen LogP contribution in [0.25, 0.3) is 5.69 Å². The van der Waals surface area contributed by atoms with Gasteiger partial charge >= 0.3 is 0 Å². The minimum atomic E-state index is -0.382. The lowest BCUT2D eigenvalue weighted by molar-refractivity contribution is -0.130. The highest BCUT2D eigenvalue weighted by Crippen LogP contribution is 2.42. The van der Waals surface area contributed by atoms with Crippen molar-refractivity contribution in [2.45, 2.75) is 44.4 Å². The Labute approximate surface area is 287 Å². The van der Waals surface area contributed by atoms with Crippen LogP contribution < -0.4 is 14.8 Å². The van der Waals surface area contributed by atoms with Crippen LogP contribution in [-0.2, 0) is 22.6 Å². The fourth-order valence-electron chi connectivity index (χ4n) is 5.69. The van der Waals surface area contributed by atoms with Gasteiger partial charge in [-0.05, 0) is 54.1 Å². The van der Waals surface area contributed by atoms with E-state index in [0.29, 0.717) is 28.9 Å². The summed E-state index contributed by atoms with van der Waals surface area (Å²) in [5.41, 5.74) is 5.63. The summed E-state index contributed by atoms with van der Waals surface area (Å²) in [5.74, 6) is 1.49. The average molecular weight is 681 g/mol. The Kier molecular flexibility index (Phi) is 10.2. The van der Waals surface area contributed by atoms with Crippen LogP contribution in [0.15, 0.2) is 94.5 Å². The number of carbonyl (C=O) groups is 2. The fourth-order valence-corrected chi connectivity index (χ4v) is 7.23. The first-order chi connectivity index (χ1) is 23.4. The number of hydrazone groups is 1. The van der Waals surface area contributed by atoms with Gasteiger partial charge in [-0.1, -0.05) is 72.4 Å². The van der Waals surface area contributed by atoms with E-state index in [2.05, 4.69) is 15.5 Å². The Morgan fingerprint density at radius 3 is 2.52 bits per heavy atom. The van der Waals surface area contributed by atoms with E-state index in [0.717, 1.165) is 38.5 Å². The molecule has 2 amide bonds. The molecule has 10 nitrogen and oxygen atoms in total. The molecular weight excluding hydrogens is 645 g/mol. The van der Waals surface area contributed by atoms with Crippen molar-refractivity contribution in [3.63, 3.8) is 0 Å². The van der Waals surface area contributed by atoms with Gasteiger partial charge in [-0.15, -0.1) is 21.5 Å². The van der Waals surface area contributed by atoms with E-state index in [1.165, 1.54) is 11.8 Å². The molecule has 3 aromatic carbocycles. The first-order valence-corrected chi connectivity index (χ1v) is 17.3. The number of carbonyl (C=O) groups excluding carboxylic acids is 2. The van der Waals surface area contributed by atoms with Gasteiger partial charge in [-0.2, -0.15) is 5.10 Å². The SMILES string of the molecule is COc1cccc([C@@H]2CC(c3cccs3)=NN2C(=O)CSc2nnc(CNC(=O)Cc3ccccc3)n2-c2cccc(C)c2C)c1OC. The van der Waals surface area contributed by atoms with Crippen LogP contribution in [0.1, 0.15) is 45.4 Å². The highest BCUT2D eigenvalue weighted by atomic mass is 32.2. The molecule has 0 fully saturated rings. The number of thiophene rings is 1. The number of ether oxygens (including phenoxy) is 2. The Morgan fingerprint density at radius 1 is 0.958 bits per heavy atom. The average Bonchev–Trinajstić information content (AvgIpc) is 3.88. The molecule has 0 unspecified atom stereocenters. The van der Waals surface area contributed by atoms with Crippen LogP contribution in [0.4, 0.5) is 0 Å². The van der Waals surface area contributed by atoms with E-state index in [1.54, 1.807) is 30.6 Å². The molecule has 3 heterocycles. The molecule has 246 valence electrons. The minimum absolute atomic E-state index is 0.0629. The van der Waals surface area contributed by atoms with E-state index >= 15 is 0 Å². The second-order valence-electron chi connectivity index (χ2n) is 11.2. The van der Waals surface area contributed by atoms with Crippen molar-refractivity contribution >= 4 is 40.6 Å². The van der Waals surface area contributed by atoms with Gasteiger partial charge in [-0.25, -0.2) is 5.01 Å². The number of nitrogens with one attached hydrogen (secondary N) is 1. The zero-order valence-corrected chi connectivity index (χ0v) is 28.8. The van der Waals surface area contributed by atoms with Crippen molar-refractivity contribution < 1.29 is 19.1 Å². The van der Waals surface area contributed by atoms with Crippen molar-refractivity contribution in [1.82, 2.24) is 25.1 Å². The second-order valence-corrected chi connectivity index (χ2v) is 13.1. The summed E-state index contributed by atoms with van der Waals surface area (Å²) in [4.78, 5) is 27.9. The van der Waals surface area contributed by atoms with Gasteiger partial charge in [0.25, 0.3) is 5.91 Å². The molecule has 48 heavy (non-hydrogen) atoms. The van der Waals surface area contributed by atoms with Gasteiger partial charge in [0.15, 0.2) is 22.5 Å². The smallest absolute Gasteiger partial charge is 0.253 e. The Bertz CT molecular complexity index is 1940. The monoisotopic (exact) mass is 680 g/mol. The fraction of sp³-hybridized carbons (Fsp3) is 0.250. The lowest BCUT2D eigenvalue weighted by atomic mass is 9.99. The molecule has 0 bridgehead atoms. The van der Waals surface area contributed by atoms with Gasteiger partial charge in [0, 0.05) is 12.0 Å². The van der Waals surface area contributed by atoms with Crippen molar-refractivity contribution in [3.8, 4) is 17.2 Å². The highest BCUT2D eigenvalue weighted by Gasteiger charge is 2.36. The number of benzene rings is 3. The predicted molar refractivity (Wildman–Crippen MR) is 188 cm³/mol. The number of hydrogen-bond donors (Lipinski definition) is 1. The molecule has 0 radical (unpaired) electrons. The first kappa shape index (κ1) is 33.0. The summed E-state index contributed by atoms with van der Waals surface area (Å²) >= 11 is 2.87. The zero-order chi connectivity index (χ0) is 33.6. The normalized spacial score (nSPS) is 14.1. The molecule has 12 heteroatoms. The van der Waals surface area contributed by atoms with Crippen LogP contribution in [-0.4, -0.2) is 57.3 Å². The molecule has 0 aliphatic carbocycles. The molecule has 1 atom stereocenters. The van der Waals surface area contributed by atoms with Crippen LogP contribution in [0.5, 0.6) is 11.5 Å². The minimum Gasteiger partial charge on any atom is -0.493 e. The molecule has 2 aromatic heterocycles. The van der Waals surface area contributed by atoms with Crippen LogP contribution in [0.2, 0.25) is 0 Å². The number of hydrogen-bond acceptors (Lipinski definition) is 9. The molecule has 0 spiro atoms. The van der Waals surface area contributed by atoms with E-state index in [9.17, 15) is 9.59 Å². The largest absolute Gasteiger partial charge is 0.493 e. The summed E-state index contributed by atoms with van der Waals surface area (Å²) in [7, 11) is 3.19. The van der Waals surface area contributed by atoms with Gasteiger partial charge in [0.2, 0.25) is 5.91 Å². The molecule has 1 aliphatic heterocycles. The van der Waals surface area contributed by atoms with E-state index in [-0.39, 0.29) is 36.6 Å². The van der Waals surface area contributed by atoms with Crippen molar-refractivity contribution in [1.29, 1.82) is 0 Å². The Hall–Kier alpha value is -4.94. The zero-order valence-electron chi connectivity index (χ0n) is 27.2. The summed E-state index contributed by atoms with van der Waals surface area (Å²) in [6.45, 7) is 4.27. The number of aryl methyl sites for hydroxylation is 1. The maximum absolute atomic E-state index is 14.1. The molecule has 1 N–H and O–H groups in total. The van der Waals surface area contributed by atoms with E-state index in [4.69, 9.17) is 14.6 Å². The van der Waals surface area contributed by atoms with Gasteiger partial charge in [-0.3, -0.25) is 14.2 Å². The molecule has 6 rings (SSSR count). The Balaban J connectivity index is 1.27. The van der Waals surface area contributed by atoms with Crippen molar-refractivity contribution in [2.24, 2.45) is 5.10 Å². The Morgan fingerprint density at radius 2 is 1.77 bits per heavy atom. The third-order valence-electron chi connectivity index (χ3n) is 8.26. The van der Waals surface area contributed by atoms with Crippen LogP contribution in [0, 0.1) is 13.8 Å². The second kappa shape index (κ2) is 14.9. The predicted octanol–water partition coefficient (Wildman–Crippen LogP) is 6.29. The molecule has 0 saturated heterocycles. The number of para-hydroxylation sites is 1. The lowest BCUT2D eigenvalue weighted by Crippen LogP contribution is -2.29. The summed E-state index contributed by atoms with van der Waals surface area (Å²) < 4.78 is 13.2. The van der Waals surface area contributed by atoms with Crippen molar-refractivity contribution in [2.75, 3.05) is 20.0 Å². The van der Waals surface area contributed by atoms with Crippen LogP contribution in [0.3, 0.4) is 0 Å². The van der Waals surface area contributed by atoms with Gasteiger partial charge in [0.1, 0.15) is 0 Å². The summed E-state index contributed by atoms with van der Waals surface area (Å²) in [5, 5.41) is 20.9. The maximum atomic E-state index is 14.1. The summed E-state index contributed by atoms with van der Waals surface area (Å²) in [6, 6.07) is 24.9. The number of methoxy groups -OCH3 is 2. The molecular formula is C36H36N6O4S2. The first-order valence-electron chi connectivity index (χ1n) is 15.5. The van der Waals surface area contributed by atoms with Crippen LogP contribution >= 0.6 is 23.1 Å². The molecule has 1 aliphatic rings. The topological polar surface area (TPSA) is 111 Å². The maximum Gasteiger partial charge on any atom is 0.253 e. The third-order valence-corrected chi connectivity index (χ3v) is 10.1. The van der Waals surface area contributed by atoms with Gasteiger partial charge in [0.05, 0.1) is 55.3 Å². The van der Waals surface area contributed by atoms with Crippen molar-refractivity contribution in [3.05, 3.63) is 117 Å². The molecule has 5 aromatic rings. The van der Waals surface area contributed by atoms with Gasteiger partial charge < -0.3 is 14.8 Å².